The van der Waals surface area contributed by atoms with Crippen molar-refractivity contribution < 1.29 is 0 Å². The van der Waals surface area contributed by atoms with Crippen molar-refractivity contribution in [3.8, 4) is 39.1 Å². The molecule has 0 saturated heterocycles. The van der Waals surface area contributed by atoms with E-state index in [4.69, 9.17) is 0 Å². The summed E-state index contributed by atoms with van der Waals surface area (Å²) in [5.74, 6) is 0. The Morgan fingerprint density at radius 1 is 0.351 bits per heavy atom. The average molecular weight is 745 g/mol. The normalized spacial score (nSPS) is 11.5. The number of para-hydroxylation sites is 2. The van der Waals surface area contributed by atoms with Gasteiger partial charge in [0.25, 0.3) is 0 Å². The Morgan fingerprint density at radius 2 is 0.947 bits per heavy atom. The molecule has 0 saturated carbocycles. The molecule has 0 bridgehead atoms. The lowest BCUT2D eigenvalue weighted by molar-refractivity contribution is 1.18. The molecule has 0 aliphatic rings. The molecule has 0 radical (unpaired) electrons. The predicted molar refractivity (Wildman–Crippen MR) is 245 cm³/mol. The average Bonchev–Trinajstić information content (AvgIpc) is 3.83. The number of anilines is 3. The number of nitrogens with zero attached hydrogens (tertiary/aromatic N) is 2. The molecule has 0 aliphatic heterocycles. The van der Waals surface area contributed by atoms with E-state index in [1.165, 1.54) is 75.4 Å². The second-order valence-corrected chi connectivity index (χ2v) is 15.6. The van der Waals surface area contributed by atoms with Gasteiger partial charge in [-0.05, 0) is 88.5 Å². The molecular formula is C54H36N2S. The molecule has 268 valence electrons. The lowest BCUT2D eigenvalue weighted by Gasteiger charge is -2.29. The van der Waals surface area contributed by atoms with E-state index < -0.39 is 0 Å². The zero-order valence-corrected chi connectivity index (χ0v) is 31.9. The maximum absolute atomic E-state index is 2.45. The largest absolute Gasteiger partial charge is 0.310 e. The molecule has 2 nitrogen and oxygen atoms in total. The molecule has 11 rings (SSSR count). The first-order valence-electron chi connectivity index (χ1n) is 19.4. The van der Waals surface area contributed by atoms with Crippen LogP contribution in [0.15, 0.2) is 218 Å². The minimum Gasteiger partial charge on any atom is -0.310 e. The van der Waals surface area contributed by atoms with Crippen molar-refractivity contribution in [2.75, 3.05) is 4.90 Å². The van der Waals surface area contributed by atoms with E-state index >= 15 is 0 Å². The third-order valence-corrected chi connectivity index (χ3v) is 12.3. The fourth-order valence-electron chi connectivity index (χ4n) is 8.57. The van der Waals surface area contributed by atoms with Gasteiger partial charge in [-0.1, -0.05) is 158 Å². The SMILES string of the molecule is c1ccc(-c2ccc(-c3ccccc3)c(N(c3ccc(-c4cccc5c4c4ccccc4n5-c4ccccc4)cc3)c3ccc4c(c3)sc3ccccc34)c2)cc1. The molecule has 0 atom stereocenters. The molecule has 0 N–H and O–H groups in total. The van der Waals surface area contributed by atoms with Crippen molar-refractivity contribution in [3.05, 3.63) is 218 Å². The third kappa shape index (κ3) is 5.71. The maximum Gasteiger partial charge on any atom is 0.0547 e. The van der Waals surface area contributed by atoms with Crippen LogP contribution in [-0.2, 0) is 0 Å². The van der Waals surface area contributed by atoms with Gasteiger partial charge in [0.05, 0.1) is 16.7 Å². The zero-order chi connectivity index (χ0) is 37.7. The molecule has 0 spiro atoms. The van der Waals surface area contributed by atoms with Crippen LogP contribution < -0.4 is 4.90 Å². The first-order chi connectivity index (χ1) is 28.3. The second kappa shape index (κ2) is 13.8. The van der Waals surface area contributed by atoms with Crippen LogP contribution in [0.3, 0.4) is 0 Å². The van der Waals surface area contributed by atoms with Gasteiger partial charge in [-0.3, -0.25) is 0 Å². The van der Waals surface area contributed by atoms with Crippen molar-refractivity contribution in [2.24, 2.45) is 0 Å². The van der Waals surface area contributed by atoms with Crippen molar-refractivity contribution in [1.29, 1.82) is 0 Å². The molecule has 0 fully saturated rings. The van der Waals surface area contributed by atoms with Crippen molar-refractivity contribution in [1.82, 2.24) is 4.57 Å². The van der Waals surface area contributed by atoms with Crippen LogP contribution in [0.2, 0.25) is 0 Å². The summed E-state index contributed by atoms with van der Waals surface area (Å²) in [4.78, 5) is 2.45. The van der Waals surface area contributed by atoms with Gasteiger partial charge >= 0.3 is 0 Å². The molecule has 57 heavy (non-hydrogen) atoms. The summed E-state index contributed by atoms with van der Waals surface area (Å²) in [6.07, 6.45) is 0. The highest BCUT2D eigenvalue weighted by atomic mass is 32.1. The quantitative estimate of drug-likeness (QED) is 0.158. The van der Waals surface area contributed by atoms with Gasteiger partial charge in [-0.25, -0.2) is 0 Å². The maximum atomic E-state index is 2.45. The van der Waals surface area contributed by atoms with Crippen LogP contribution in [0.25, 0.3) is 81.0 Å². The Bertz CT molecular complexity index is 3220. The molecule has 3 heteroatoms. The predicted octanol–water partition coefficient (Wildman–Crippen LogP) is 15.6. The van der Waals surface area contributed by atoms with Crippen LogP contribution in [0.1, 0.15) is 0 Å². The van der Waals surface area contributed by atoms with Crippen molar-refractivity contribution in [3.63, 3.8) is 0 Å². The van der Waals surface area contributed by atoms with Gasteiger partial charge in [-0.15, -0.1) is 11.3 Å². The first kappa shape index (κ1) is 33.2. The lowest BCUT2D eigenvalue weighted by Crippen LogP contribution is -2.11. The van der Waals surface area contributed by atoms with Crippen LogP contribution in [0.5, 0.6) is 0 Å². The summed E-state index contributed by atoms with van der Waals surface area (Å²) in [7, 11) is 0. The number of benzene rings is 9. The van der Waals surface area contributed by atoms with Gasteiger partial charge in [0.2, 0.25) is 0 Å². The molecular weight excluding hydrogens is 709 g/mol. The number of thiophene rings is 1. The fourth-order valence-corrected chi connectivity index (χ4v) is 9.71. The highest BCUT2D eigenvalue weighted by Crippen LogP contribution is 2.46. The monoisotopic (exact) mass is 744 g/mol. The number of rotatable bonds is 7. The Labute approximate surface area is 335 Å². The Hall–Kier alpha value is -7.20. The van der Waals surface area contributed by atoms with Crippen molar-refractivity contribution in [2.45, 2.75) is 0 Å². The van der Waals surface area contributed by atoms with Crippen LogP contribution in [0, 0.1) is 0 Å². The van der Waals surface area contributed by atoms with Gasteiger partial charge in [0.1, 0.15) is 0 Å². The molecule has 11 aromatic rings. The molecule has 2 heterocycles. The summed E-state index contributed by atoms with van der Waals surface area (Å²) >= 11 is 1.86. The van der Waals surface area contributed by atoms with Gasteiger partial charge in [0.15, 0.2) is 0 Å². The summed E-state index contributed by atoms with van der Waals surface area (Å²) < 4.78 is 4.97. The fraction of sp³-hybridized carbons (Fsp3) is 0. The highest BCUT2D eigenvalue weighted by Gasteiger charge is 2.21. The summed E-state index contributed by atoms with van der Waals surface area (Å²) in [6.45, 7) is 0. The zero-order valence-electron chi connectivity index (χ0n) is 31.1. The lowest BCUT2D eigenvalue weighted by atomic mass is 9.96. The van der Waals surface area contributed by atoms with E-state index in [1.54, 1.807) is 0 Å². The number of aromatic nitrogens is 1. The standard InChI is InChI=1S/C54H36N2S/c1-4-15-37(16-5-1)40-29-33-44(38-17-6-2-7-18-38)51(35-40)55(43-32-34-47-46-21-11-13-26-52(46)57-53(47)36-43)42-30-27-39(28-31-42)45-23-14-25-50-54(45)48-22-10-12-24-49(48)56(50)41-19-8-3-9-20-41/h1-36H. The first-order valence-corrected chi connectivity index (χ1v) is 20.2. The Balaban J connectivity index is 1.12. The molecule has 0 unspecified atom stereocenters. The summed E-state index contributed by atoms with van der Waals surface area (Å²) in [5, 5.41) is 5.11. The summed E-state index contributed by atoms with van der Waals surface area (Å²) in [6, 6.07) is 79.4. The van der Waals surface area contributed by atoms with E-state index in [9.17, 15) is 0 Å². The molecule has 9 aromatic carbocycles. The van der Waals surface area contributed by atoms with Gasteiger partial charge in [0, 0.05) is 53.6 Å². The molecule has 0 aliphatic carbocycles. The second-order valence-electron chi connectivity index (χ2n) is 14.5. The van der Waals surface area contributed by atoms with Gasteiger partial charge in [-0.2, -0.15) is 0 Å². The highest BCUT2D eigenvalue weighted by molar-refractivity contribution is 7.25. The van der Waals surface area contributed by atoms with E-state index in [-0.39, 0.29) is 0 Å². The van der Waals surface area contributed by atoms with Crippen molar-refractivity contribution >= 4 is 70.4 Å². The third-order valence-electron chi connectivity index (χ3n) is 11.2. The van der Waals surface area contributed by atoms with E-state index in [0.717, 1.165) is 22.7 Å². The Kier molecular flexibility index (Phi) is 8.04. The smallest absolute Gasteiger partial charge is 0.0547 e. The minimum absolute atomic E-state index is 1.10. The summed E-state index contributed by atoms with van der Waals surface area (Å²) in [5.41, 5.74) is 14.0. The van der Waals surface area contributed by atoms with E-state index in [0.29, 0.717) is 0 Å². The van der Waals surface area contributed by atoms with Crippen LogP contribution in [0.4, 0.5) is 17.1 Å². The molecule has 2 aromatic heterocycles. The van der Waals surface area contributed by atoms with E-state index in [2.05, 4.69) is 228 Å². The number of hydrogen-bond donors (Lipinski definition) is 0. The number of fused-ring (bicyclic) bond motifs is 6. The molecule has 0 amide bonds. The van der Waals surface area contributed by atoms with Crippen LogP contribution in [-0.4, -0.2) is 4.57 Å². The van der Waals surface area contributed by atoms with Crippen LogP contribution >= 0.6 is 11.3 Å². The van der Waals surface area contributed by atoms with E-state index in [1.807, 2.05) is 11.3 Å². The number of hydrogen-bond acceptors (Lipinski definition) is 2. The minimum atomic E-state index is 1.10. The Morgan fingerprint density at radius 3 is 1.74 bits per heavy atom. The topological polar surface area (TPSA) is 8.17 Å². The van der Waals surface area contributed by atoms with Gasteiger partial charge < -0.3 is 9.47 Å².